The van der Waals surface area contributed by atoms with Gasteiger partial charge in [-0.25, -0.2) is 4.39 Å². The minimum absolute atomic E-state index is 0.107. The Hall–Kier alpha value is -1.42. The highest BCUT2D eigenvalue weighted by atomic mass is 19.1. The van der Waals surface area contributed by atoms with Gasteiger partial charge in [0, 0.05) is 12.2 Å². The summed E-state index contributed by atoms with van der Waals surface area (Å²) in [5.74, 6) is -0.466. The van der Waals surface area contributed by atoms with Gasteiger partial charge in [0.05, 0.1) is 5.41 Å². The van der Waals surface area contributed by atoms with E-state index in [1.165, 1.54) is 12.1 Å². The van der Waals surface area contributed by atoms with Crippen LogP contribution in [0.2, 0.25) is 0 Å². The van der Waals surface area contributed by atoms with Crippen LogP contribution < -0.4 is 11.1 Å². The summed E-state index contributed by atoms with van der Waals surface area (Å²) < 4.78 is 13.1. The maximum atomic E-state index is 13.1. The third-order valence-electron chi connectivity index (χ3n) is 3.41. The molecule has 0 saturated carbocycles. The Morgan fingerprint density at radius 1 is 1.32 bits per heavy atom. The maximum Gasteiger partial charge on any atom is 0.231 e. The first-order valence-corrected chi connectivity index (χ1v) is 6.85. The van der Waals surface area contributed by atoms with E-state index in [9.17, 15) is 9.18 Å². The number of rotatable bonds is 7. The van der Waals surface area contributed by atoms with Crippen molar-refractivity contribution in [1.82, 2.24) is 0 Å². The van der Waals surface area contributed by atoms with Gasteiger partial charge >= 0.3 is 0 Å². The first kappa shape index (κ1) is 15.6. The number of anilines is 1. The number of hydrogen-bond donors (Lipinski definition) is 2. The van der Waals surface area contributed by atoms with E-state index in [4.69, 9.17) is 5.73 Å². The third kappa shape index (κ3) is 4.03. The lowest BCUT2D eigenvalue weighted by molar-refractivity contribution is -0.126. The van der Waals surface area contributed by atoms with Gasteiger partial charge in [-0.15, -0.1) is 0 Å². The normalized spacial score (nSPS) is 11.4. The highest BCUT2D eigenvalue weighted by Crippen LogP contribution is 2.30. The van der Waals surface area contributed by atoms with Crippen molar-refractivity contribution < 1.29 is 9.18 Å². The molecule has 0 bridgehead atoms. The average molecular weight is 266 g/mol. The van der Waals surface area contributed by atoms with Gasteiger partial charge < -0.3 is 11.1 Å². The molecular formula is C15H23FN2O. The van der Waals surface area contributed by atoms with Crippen molar-refractivity contribution in [2.24, 2.45) is 11.1 Å². The molecule has 106 valence electrons. The fourth-order valence-electron chi connectivity index (χ4n) is 2.44. The third-order valence-corrected chi connectivity index (χ3v) is 3.41. The number of halogens is 1. The number of carbonyl (C=O) groups excluding carboxylic acids is 1. The lowest BCUT2D eigenvalue weighted by Crippen LogP contribution is -2.42. The molecule has 0 aliphatic rings. The molecule has 1 rings (SSSR count). The zero-order valence-electron chi connectivity index (χ0n) is 11.7. The summed E-state index contributed by atoms with van der Waals surface area (Å²) in [4.78, 5) is 12.4. The van der Waals surface area contributed by atoms with Gasteiger partial charge in [0.25, 0.3) is 0 Å². The summed E-state index contributed by atoms with van der Waals surface area (Å²) in [6.45, 7) is 4.39. The fourth-order valence-corrected chi connectivity index (χ4v) is 2.44. The Bertz CT molecular complexity index is 414. The monoisotopic (exact) mass is 266 g/mol. The zero-order valence-corrected chi connectivity index (χ0v) is 11.7. The number of benzene rings is 1. The minimum Gasteiger partial charge on any atom is -0.329 e. The summed E-state index contributed by atoms with van der Waals surface area (Å²) in [7, 11) is 0. The van der Waals surface area contributed by atoms with Crippen LogP contribution in [-0.4, -0.2) is 12.5 Å². The molecule has 3 nitrogen and oxygen atoms in total. The van der Waals surface area contributed by atoms with Gasteiger partial charge in [0.2, 0.25) is 5.91 Å². The van der Waals surface area contributed by atoms with Crippen LogP contribution in [0.25, 0.3) is 0 Å². The molecule has 19 heavy (non-hydrogen) atoms. The molecule has 0 heterocycles. The second-order valence-corrected chi connectivity index (χ2v) is 4.95. The molecular weight excluding hydrogens is 243 g/mol. The van der Waals surface area contributed by atoms with Crippen LogP contribution in [0.15, 0.2) is 24.3 Å². The van der Waals surface area contributed by atoms with Crippen LogP contribution in [0.1, 0.15) is 39.5 Å². The van der Waals surface area contributed by atoms with Crippen molar-refractivity contribution in [3.63, 3.8) is 0 Å². The quantitative estimate of drug-likeness (QED) is 0.795. The van der Waals surface area contributed by atoms with Crippen molar-refractivity contribution >= 4 is 11.6 Å². The molecule has 1 aromatic rings. The molecule has 0 unspecified atom stereocenters. The van der Waals surface area contributed by atoms with Crippen LogP contribution in [0.5, 0.6) is 0 Å². The second kappa shape index (κ2) is 7.24. The van der Waals surface area contributed by atoms with Crippen molar-refractivity contribution in [2.45, 2.75) is 39.5 Å². The number of nitrogens with two attached hydrogens (primary N) is 1. The zero-order chi connectivity index (χ0) is 14.3. The smallest absolute Gasteiger partial charge is 0.231 e. The van der Waals surface area contributed by atoms with Crippen molar-refractivity contribution in [3.05, 3.63) is 30.1 Å². The fraction of sp³-hybridized carbons (Fsp3) is 0.533. The van der Waals surface area contributed by atoms with Gasteiger partial charge in [0.1, 0.15) is 5.82 Å². The largest absolute Gasteiger partial charge is 0.329 e. The topological polar surface area (TPSA) is 55.1 Å². The van der Waals surface area contributed by atoms with Crippen molar-refractivity contribution in [2.75, 3.05) is 11.9 Å². The van der Waals surface area contributed by atoms with E-state index in [2.05, 4.69) is 5.32 Å². The Kier molecular flexibility index (Phi) is 5.96. The van der Waals surface area contributed by atoms with E-state index in [0.29, 0.717) is 12.2 Å². The Labute approximate surface area is 114 Å². The molecule has 0 aromatic heterocycles. The number of nitrogens with one attached hydrogen (secondary N) is 1. The van der Waals surface area contributed by atoms with E-state index in [1.54, 1.807) is 12.1 Å². The molecule has 4 heteroatoms. The van der Waals surface area contributed by atoms with Gasteiger partial charge in [-0.2, -0.15) is 0 Å². The summed E-state index contributed by atoms with van der Waals surface area (Å²) in [6, 6.07) is 5.93. The molecule has 1 aromatic carbocycles. The van der Waals surface area contributed by atoms with Crippen molar-refractivity contribution in [3.8, 4) is 0 Å². The molecule has 0 fully saturated rings. The molecule has 0 spiro atoms. The highest BCUT2D eigenvalue weighted by Gasteiger charge is 2.35. The van der Waals surface area contributed by atoms with E-state index in [0.717, 1.165) is 25.7 Å². The summed E-state index contributed by atoms with van der Waals surface area (Å²) in [5, 5.41) is 2.79. The van der Waals surface area contributed by atoms with E-state index < -0.39 is 5.41 Å². The highest BCUT2D eigenvalue weighted by molar-refractivity contribution is 5.95. The van der Waals surface area contributed by atoms with Gasteiger partial charge in [-0.3, -0.25) is 4.79 Å². The first-order valence-electron chi connectivity index (χ1n) is 6.85. The summed E-state index contributed by atoms with van der Waals surface area (Å²) in [5.41, 5.74) is 5.77. The molecule has 3 N–H and O–H groups in total. The Morgan fingerprint density at radius 2 is 1.95 bits per heavy atom. The molecule has 0 aliphatic heterocycles. The maximum absolute atomic E-state index is 13.1. The van der Waals surface area contributed by atoms with Crippen LogP contribution >= 0.6 is 0 Å². The van der Waals surface area contributed by atoms with Gasteiger partial charge in [-0.1, -0.05) is 32.8 Å². The molecule has 1 amide bonds. The Morgan fingerprint density at radius 3 is 2.42 bits per heavy atom. The van der Waals surface area contributed by atoms with E-state index in [-0.39, 0.29) is 11.7 Å². The van der Waals surface area contributed by atoms with E-state index >= 15 is 0 Å². The van der Waals surface area contributed by atoms with Crippen LogP contribution in [-0.2, 0) is 4.79 Å². The van der Waals surface area contributed by atoms with E-state index in [1.807, 2.05) is 13.8 Å². The number of carbonyl (C=O) groups is 1. The number of amides is 1. The Balaban J connectivity index is 2.87. The minimum atomic E-state index is -0.546. The average Bonchev–Trinajstić information content (AvgIpc) is 2.38. The van der Waals surface area contributed by atoms with Crippen LogP contribution in [0, 0.1) is 11.2 Å². The predicted molar refractivity (Wildman–Crippen MR) is 76.3 cm³/mol. The van der Waals surface area contributed by atoms with Crippen LogP contribution in [0.3, 0.4) is 0 Å². The molecule has 0 saturated heterocycles. The summed E-state index contributed by atoms with van der Waals surface area (Å²) >= 11 is 0. The number of hydrogen-bond acceptors (Lipinski definition) is 2. The SMILES string of the molecule is CCCC(CN)(CCC)C(=O)Nc1cccc(F)c1. The first-order chi connectivity index (χ1) is 9.07. The lowest BCUT2D eigenvalue weighted by Gasteiger charge is -2.30. The van der Waals surface area contributed by atoms with Crippen molar-refractivity contribution in [1.29, 1.82) is 0 Å². The molecule has 0 radical (unpaired) electrons. The van der Waals surface area contributed by atoms with Crippen LogP contribution in [0.4, 0.5) is 10.1 Å². The lowest BCUT2D eigenvalue weighted by atomic mass is 9.78. The summed E-state index contributed by atoms with van der Waals surface area (Å²) in [6.07, 6.45) is 3.29. The molecule has 0 atom stereocenters. The molecule has 0 aliphatic carbocycles. The van der Waals surface area contributed by atoms with Gasteiger partial charge in [-0.05, 0) is 31.0 Å². The standard InChI is InChI=1S/C15H23FN2O/c1-3-8-15(11-17,9-4-2)14(19)18-13-7-5-6-12(16)10-13/h5-7,10H,3-4,8-9,11,17H2,1-2H3,(H,18,19). The second-order valence-electron chi connectivity index (χ2n) is 4.95. The van der Waals surface area contributed by atoms with Gasteiger partial charge in [0.15, 0.2) is 0 Å². The predicted octanol–water partition coefficient (Wildman–Crippen LogP) is 3.31.